The molecule has 49 heavy (non-hydrogen) atoms. The SMILES string of the molecule is COC(O)/C=C\C(=O)Nc1ccc(OC(=O)/C=C/c2ccc(OCOCC3CCC(C4CCC(CCCC(F)(F)F)CC4)CC3)cc2)cc1. The molecule has 0 aliphatic heterocycles. The Morgan fingerprint density at radius 1 is 0.878 bits per heavy atom. The van der Waals surface area contributed by atoms with Crippen molar-refractivity contribution >= 4 is 23.6 Å². The summed E-state index contributed by atoms with van der Waals surface area (Å²) in [6.45, 7) is 0.825. The molecule has 2 fully saturated rings. The number of methoxy groups -OCH3 is 1. The number of aliphatic hydroxyl groups excluding tert-OH is 1. The number of carbonyl (C=O) groups excluding carboxylic acids is 2. The lowest BCUT2D eigenvalue weighted by molar-refractivity contribution is -0.136. The maximum absolute atomic E-state index is 12.4. The predicted octanol–water partition coefficient (Wildman–Crippen LogP) is 8.46. The first kappa shape index (κ1) is 38.1. The Balaban J connectivity index is 1.06. The van der Waals surface area contributed by atoms with Gasteiger partial charge in [0.1, 0.15) is 11.5 Å². The van der Waals surface area contributed by atoms with Gasteiger partial charge in [-0.05, 0) is 123 Å². The van der Waals surface area contributed by atoms with Crippen molar-refractivity contribution in [2.75, 3.05) is 25.8 Å². The number of carbonyl (C=O) groups is 2. The van der Waals surface area contributed by atoms with Gasteiger partial charge in [-0.15, -0.1) is 0 Å². The van der Waals surface area contributed by atoms with E-state index in [1.54, 1.807) is 30.3 Å². The van der Waals surface area contributed by atoms with Crippen LogP contribution in [0.4, 0.5) is 18.9 Å². The van der Waals surface area contributed by atoms with Crippen LogP contribution in [-0.2, 0) is 19.1 Å². The van der Waals surface area contributed by atoms with Gasteiger partial charge in [-0.1, -0.05) is 31.4 Å². The van der Waals surface area contributed by atoms with Crippen molar-refractivity contribution in [3.8, 4) is 11.5 Å². The first-order valence-corrected chi connectivity index (χ1v) is 17.1. The van der Waals surface area contributed by atoms with E-state index in [9.17, 15) is 27.9 Å². The highest BCUT2D eigenvalue weighted by molar-refractivity contribution is 5.99. The van der Waals surface area contributed by atoms with Gasteiger partial charge in [-0.2, -0.15) is 13.2 Å². The zero-order chi connectivity index (χ0) is 35.1. The molecule has 2 saturated carbocycles. The second kappa shape index (κ2) is 19.5. The number of amides is 1. The maximum Gasteiger partial charge on any atom is 0.389 e. The summed E-state index contributed by atoms with van der Waals surface area (Å²) in [4.78, 5) is 24.1. The zero-order valence-corrected chi connectivity index (χ0v) is 28.0. The summed E-state index contributed by atoms with van der Waals surface area (Å²) in [6, 6.07) is 13.6. The fraction of sp³-hybridized carbons (Fsp3) is 0.526. The molecule has 0 radical (unpaired) electrons. The number of halogens is 3. The highest BCUT2D eigenvalue weighted by Gasteiger charge is 2.32. The van der Waals surface area contributed by atoms with E-state index in [-0.39, 0.29) is 13.2 Å². The van der Waals surface area contributed by atoms with E-state index in [4.69, 9.17) is 14.2 Å². The van der Waals surface area contributed by atoms with E-state index in [1.165, 1.54) is 32.1 Å². The monoisotopic (exact) mass is 687 g/mol. The summed E-state index contributed by atoms with van der Waals surface area (Å²) < 4.78 is 58.8. The largest absolute Gasteiger partial charge is 0.468 e. The summed E-state index contributed by atoms with van der Waals surface area (Å²) in [5, 5.41) is 11.9. The lowest BCUT2D eigenvalue weighted by Crippen LogP contribution is -2.27. The average molecular weight is 688 g/mol. The average Bonchev–Trinajstić information content (AvgIpc) is 3.09. The number of alkyl halides is 3. The van der Waals surface area contributed by atoms with Crippen molar-refractivity contribution in [1.29, 1.82) is 0 Å². The third kappa shape index (κ3) is 14.4. The fourth-order valence-corrected chi connectivity index (χ4v) is 6.72. The number of anilines is 1. The fourth-order valence-electron chi connectivity index (χ4n) is 6.72. The van der Waals surface area contributed by atoms with E-state index in [0.29, 0.717) is 42.0 Å². The van der Waals surface area contributed by atoms with Crippen molar-refractivity contribution in [3.05, 3.63) is 72.3 Å². The van der Waals surface area contributed by atoms with Crippen molar-refractivity contribution in [2.24, 2.45) is 23.7 Å². The molecule has 0 aromatic heterocycles. The number of nitrogens with one attached hydrogen (secondary N) is 1. The van der Waals surface area contributed by atoms with Crippen LogP contribution < -0.4 is 14.8 Å². The minimum absolute atomic E-state index is 0.163. The van der Waals surface area contributed by atoms with Crippen LogP contribution >= 0.6 is 0 Å². The lowest BCUT2D eigenvalue weighted by Gasteiger charge is -2.38. The minimum Gasteiger partial charge on any atom is -0.468 e. The Kier molecular flexibility index (Phi) is 15.2. The third-order valence-corrected chi connectivity index (χ3v) is 9.47. The second-order valence-electron chi connectivity index (χ2n) is 13.0. The van der Waals surface area contributed by atoms with Crippen LogP contribution in [0, 0.1) is 23.7 Å². The summed E-state index contributed by atoms with van der Waals surface area (Å²) in [5.41, 5.74) is 1.28. The summed E-state index contributed by atoms with van der Waals surface area (Å²) in [6.07, 6.45) is 9.62. The van der Waals surface area contributed by atoms with Gasteiger partial charge in [0.2, 0.25) is 5.91 Å². The van der Waals surface area contributed by atoms with Gasteiger partial charge >= 0.3 is 12.1 Å². The van der Waals surface area contributed by atoms with Gasteiger partial charge in [-0.25, -0.2) is 4.79 Å². The predicted molar refractivity (Wildman–Crippen MR) is 181 cm³/mol. The molecule has 2 aromatic rings. The van der Waals surface area contributed by atoms with E-state index in [2.05, 4.69) is 10.1 Å². The molecule has 2 aliphatic rings. The van der Waals surface area contributed by atoms with E-state index in [0.717, 1.165) is 62.0 Å². The number of esters is 1. The zero-order valence-electron chi connectivity index (χ0n) is 28.0. The first-order valence-electron chi connectivity index (χ1n) is 17.1. The summed E-state index contributed by atoms with van der Waals surface area (Å²) in [5.74, 6) is 2.42. The van der Waals surface area contributed by atoms with E-state index < -0.39 is 30.8 Å². The molecule has 4 rings (SSSR count). The number of hydrogen-bond acceptors (Lipinski definition) is 7. The molecule has 268 valence electrons. The van der Waals surface area contributed by atoms with Crippen molar-refractivity contribution < 1.29 is 46.8 Å². The summed E-state index contributed by atoms with van der Waals surface area (Å²) in [7, 11) is 1.31. The third-order valence-electron chi connectivity index (χ3n) is 9.47. The molecule has 0 heterocycles. The standard InChI is InChI=1S/C38H48F3NO7/c1-46-36(44)23-21-35(43)42-32-15-19-34(20-16-32)49-37(45)22-10-28-8-17-33(18-9-28)48-26-47-25-29-6-13-31(14-7-29)30-11-4-27(5-12-30)3-2-24-38(39,40)41/h8-10,15-23,27,29-31,36,44H,2-7,11-14,24-26H2,1H3,(H,42,43)/b22-10+,23-21-. The molecule has 1 atom stereocenters. The maximum atomic E-state index is 12.4. The van der Waals surface area contributed by atoms with Gasteiger partial charge in [0, 0.05) is 31.4 Å². The molecular formula is C38H48F3NO7. The minimum atomic E-state index is -4.03. The number of aliphatic hydroxyl groups is 1. The Morgan fingerprint density at radius 3 is 2.10 bits per heavy atom. The number of ether oxygens (including phenoxy) is 4. The molecule has 1 amide bonds. The topological polar surface area (TPSA) is 103 Å². The Morgan fingerprint density at radius 2 is 1.49 bits per heavy atom. The molecule has 2 aliphatic carbocycles. The van der Waals surface area contributed by atoms with Crippen molar-refractivity contribution in [2.45, 2.75) is 83.1 Å². The van der Waals surface area contributed by atoms with Crippen molar-refractivity contribution in [1.82, 2.24) is 0 Å². The van der Waals surface area contributed by atoms with Gasteiger partial charge in [0.15, 0.2) is 13.1 Å². The molecule has 11 heteroatoms. The van der Waals surface area contributed by atoms with Gasteiger partial charge in [0.25, 0.3) is 0 Å². The van der Waals surface area contributed by atoms with Crippen LogP contribution in [0.25, 0.3) is 6.08 Å². The normalized spacial score (nSPS) is 22.2. The number of rotatable bonds is 16. The molecule has 8 nitrogen and oxygen atoms in total. The van der Waals surface area contributed by atoms with Gasteiger partial charge in [-0.3, -0.25) is 4.79 Å². The molecule has 2 N–H and O–H groups in total. The highest BCUT2D eigenvalue weighted by Crippen LogP contribution is 2.42. The molecule has 0 spiro atoms. The smallest absolute Gasteiger partial charge is 0.389 e. The first-order chi connectivity index (χ1) is 23.6. The van der Waals surface area contributed by atoms with Crippen molar-refractivity contribution in [3.63, 3.8) is 0 Å². The molecule has 0 bridgehead atoms. The van der Waals surface area contributed by atoms with Crippen LogP contribution in [0.5, 0.6) is 11.5 Å². The quantitative estimate of drug-likeness (QED) is 0.0600. The van der Waals surface area contributed by atoms with Crippen LogP contribution in [0.1, 0.15) is 76.2 Å². The Bertz CT molecular complexity index is 1340. The van der Waals surface area contributed by atoms with Gasteiger partial charge < -0.3 is 29.4 Å². The molecule has 1 unspecified atom stereocenters. The molecular weight excluding hydrogens is 639 g/mol. The highest BCUT2D eigenvalue weighted by atomic mass is 19.4. The molecule has 2 aromatic carbocycles. The second-order valence-corrected chi connectivity index (χ2v) is 13.0. The number of hydrogen-bond donors (Lipinski definition) is 2. The van der Waals surface area contributed by atoms with Crippen LogP contribution in [0.15, 0.2) is 66.8 Å². The van der Waals surface area contributed by atoms with Gasteiger partial charge in [0.05, 0.1) is 6.61 Å². The lowest BCUT2D eigenvalue weighted by atomic mass is 9.69. The van der Waals surface area contributed by atoms with Crippen LogP contribution in [-0.4, -0.2) is 50.0 Å². The van der Waals surface area contributed by atoms with Crippen LogP contribution in [0.2, 0.25) is 0 Å². The number of benzene rings is 2. The van der Waals surface area contributed by atoms with E-state index in [1.807, 2.05) is 24.3 Å². The Labute approximate surface area is 286 Å². The summed E-state index contributed by atoms with van der Waals surface area (Å²) >= 11 is 0. The Hall–Kier alpha value is -3.67. The van der Waals surface area contributed by atoms with E-state index >= 15 is 0 Å². The van der Waals surface area contributed by atoms with Crippen LogP contribution in [0.3, 0.4) is 0 Å². The molecule has 0 saturated heterocycles.